The maximum absolute atomic E-state index is 13.0. The Balaban J connectivity index is 2.31. The summed E-state index contributed by atoms with van der Waals surface area (Å²) < 4.78 is 18.0. The molecule has 0 aliphatic heterocycles. The minimum absolute atomic E-state index is 0.237. The van der Waals surface area contributed by atoms with Crippen LogP contribution in [0.4, 0.5) is 4.39 Å². The lowest BCUT2D eigenvalue weighted by molar-refractivity contribution is 0.202. The summed E-state index contributed by atoms with van der Waals surface area (Å²) in [5.41, 5.74) is 7.49. The second-order valence-corrected chi connectivity index (χ2v) is 5.34. The van der Waals surface area contributed by atoms with Crippen LogP contribution in [0.5, 0.6) is 0 Å². The number of rotatable bonds is 6. The zero-order chi connectivity index (χ0) is 13.7. The molecule has 1 heterocycles. The number of nitrogens with zero attached hydrogens (tertiary/aromatic N) is 1. The number of thiazole rings is 1. The largest absolute Gasteiger partial charge is 0.384 e. The van der Waals surface area contributed by atoms with Crippen molar-refractivity contribution in [3.63, 3.8) is 0 Å². The Kier molecular flexibility index (Phi) is 5.01. The van der Waals surface area contributed by atoms with Gasteiger partial charge in [-0.15, -0.1) is 11.3 Å². The number of hydrogen-bond donors (Lipinski definition) is 1. The molecule has 2 aromatic rings. The molecule has 0 saturated heterocycles. The van der Waals surface area contributed by atoms with E-state index in [1.807, 2.05) is 0 Å². The maximum atomic E-state index is 13.0. The van der Waals surface area contributed by atoms with Crippen LogP contribution in [0.1, 0.15) is 9.88 Å². The van der Waals surface area contributed by atoms with E-state index in [1.54, 1.807) is 30.6 Å². The number of nitrogens with two attached hydrogens (primary N) is 1. The topological polar surface area (TPSA) is 48.1 Å². The summed E-state index contributed by atoms with van der Waals surface area (Å²) in [5.74, 6) is -0.237. The first-order valence-electron chi connectivity index (χ1n) is 6.18. The van der Waals surface area contributed by atoms with Crippen molar-refractivity contribution in [3.8, 4) is 11.3 Å². The zero-order valence-corrected chi connectivity index (χ0v) is 11.7. The van der Waals surface area contributed by atoms with Crippen LogP contribution in [0.25, 0.3) is 11.3 Å². The van der Waals surface area contributed by atoms with Crippen LogP contribution in [0.3, 0.4) is 0 Å². The summed E-state index contributed by atoms with van der Waals surface area (Å²) in [6, 6.07) is 6.42. The molecular formula is C14H17FN2OS. The van der Waals surface area contributed by atoms with Gasteiger partial charge in [0.05, 0.1) is 17.3 Å². The molecule has 0 unspecified atom stereocenters. The van der Waals surface area contributed by atoms with E-state index in [2.05, 4.69) is 4.98 Å². The zero-order valence-electron chi connectivity index (χ0n) is 10.9. The minimum atomic E-state index is -0.237. The Bertz CT molecular complexity index is 525. The predicted octanol–water partition coefficient (Wildman–Crippen LogP) is 2.64. The van der Waals surface area contributed by atoms with E-state index in [4.69, 9.17) is 10.5 Å². The Morgan fingerprint density at radius 1 is 1.26 bits per heavy atom. The molecule has 5 heteroatoms. The number of hydrogen-bond acceptors (Lipinski definition) is 4. The summed E-state index contributed by atoms with van der Waals surface area (Å²) in [7, 11) is 1.68. The van der Waals surface area contributed by atoms with Gasteiger partial charge in [-0.05, 0) is 37.2 Å². The summed E-state index contributed by atoms with van der Waals surface area (Å²) in [5, 5.41) is 1.03. The van der Waals surface area contributed by atoms with Gasteiger partial charge < -0.3 is 10.5 Å². The number of aromatic nitrogens is 1. The molecular weight excluding hydrogens is 263 g/mol. The molecule has 3 nitrogen and oxygen atoms in total. The van der Waals surface area contributed by atoms with Gasteiger partial charge in [-0.3, -0.25) is 0 Å². The van der Waals surface area contributed by atoms with Gasteiger partial charge in [0.2, 0.25) is 0 Å². The third-order valence-corrected chi connectivity index (χ3v) is 3.93. The Morgan fingerprint density at radius 3 is 2.63 bits per heavy atom. The van der Waals surface area contributed by atoms with Crippen molar-refractivity contribution in [3.05, 3.63) is 40.0 Å². The van der Waals surface area contributed by atoms with E-state index < -0.39 is 0 Å². The van der Waals surface area contributed by atoms with Crippen molar-refractivity contribution >= 4 is 11.3 Å². The van der Waals surface area contributed by atoms with Crippen molar-refractivity contribution in [2.45, 2.75) is 12.8 Å². The normalized spacial score (nSPS) is 10.9. The monoisotopic (exact) mass is 280 g/mol. The average Bonchev–Trinajstić information content (AvgIpc) is 2.81. The molecule has 1 aromatic carbocycles. The number of halogens is 1. The summed E-state index contributed by atoms with van der Waals surface area (Å²) in [6.45, 7) is 1.23. The van der Waals surface area contributed by atoms with Gasteiger partial charge in [-0.1, -0.05) is 0 Å². The fourth-order valence-electron chi connectivity index (χ4n) is 1.83. The van der Waals surface area contributed by atoms with Gasteiger partial charge in [0.15, 0.2) is 0 Å². The molecule has 0 fully saturated rings. The second kappa shape index (κ2) is 6.75. The molecule has 2 rings (SSSR count). The Hall–Kier alpha value is -1.30. The molecule has 0 bridgehead atoms. The number of benzene rings is 1. The third kappa shape index (κ3) is 3.59. The first-order valence-corrected chi connectivity index (χ1v) is 6.99. The van der Waals surface area contributed by atoms with Crippen LogP contribution in [-0.2, 0) is 17.6 Å². The smallest absolute Gasteiger partial charge is 0.123 e. The van der Waals surface area contributed by atoms with Gasteiger partial charge in [0, 0.05) is 24.0 Å². The first kappa shape index (κ1) is 14.1. The highest BCUT2D eigenvalue weighted by atomic mass is 32.1. The predicted molar refractivity (Wildman–Crippen MR) is 75.8 cm³/mol. The molecule has 0 aliphatic carbocycles. The van der Waals surface area contributed by atoms with Crippen molar-refractivity contribution in [1.82, 2.24) is 4.98 Å². The Morgan fingerprint density at radius 2 is 2.00 bits per heavy atom. The second-order valence-electron chi connectivity index (χ2n) is 4.17. The van der Waals surface area contributed by atoms with Gasteiger partial charge >= 0.3 is 0 Å². The maximum Gasteiger partial charge on any atom is 0.123 e. The van der Waals surface area contributed by atoms with Crippen molar-refractivity contribution < 1.29 is 9.13 Å². The molecule has 0 saturated carbocycles. The van der Waals surface area contributed by atoms with E-state index in [9.17, 15) is 4.39 Å². The summed E-state index contributed by atoms with van der Waals surface area (Å²) >= 11 is 1.66. The van der Waals surface area contributed by atoms with Gasteiger partial charge in [-0.25, -0.2) is 9.37 Å². The van der Waals surface area contributed by atoms with Crippen molar-refractivity contribution in [2.24, 2.45) is 5.73 Å². The fourth-order valence-corrected chi connectivity index (χ4v) is 2.92. The van der Waals surface area contributed by atoms with E-state index in [0.29, 0.717) is 13.2 Å². The van der Waals surface area contributed by atoms with E-state index in [-0.39, 0.29) is 5.82 Å². The highest BCUT2D eigenvalue weighted by Gasteiger charge is 2.12. The average molecular weight is 280 g/mol. The number of ether oxygens (including phenoxy) is 1. The third-order valence-electron chi connectivity index (χ3n) is 2.75. The van der Waals surface area contributed by atoms with Crippen LogP contribution in [0.15, 0.2) is 24.3 Å². The highest BCUT2D eigenvalue weighted by molar-refractivity contribution is 7.12. The molecule has 19 heavy (non-hydrogen) atoms. The minimum Gasteiger partial charge on any atom is -0.384 e. The molecule has 1 aromatic heterocycles. The van der Waals surface area contributed by atoms with E-state index in [0.717, 1.165) is 34.0 Å². The van der Waals surface area contributed by atoms with Crippen molar-refractivity contribution in [2.75, 3.05) is 20.3 Å². The van der Waals surface area contributed by atoms with Crippen LogP contribution in [-0.4, -0.2) is 25.2 Å². The van der Waals surface area contributed by atoms with E-state index >= 15 is 0 Å². The van der Waals surface area contributed by atoms with Gasteiger partial charge in [0.25, 0.3) is 0 Å². The molecule has 0 aliphatic rings. The van der Waals surface area contributed by atoms with E-state index in [1.165, 1.54) is 12.1 Å². The highest BCUT2D eigenvalue weighted by Crippen LogP contribution is 2.29. The standard InChI is InChI=1S/C14H17FN2OS/c1-18-9-7-13-17-14(12(19-13)6-8-16)10-2-4-11(15)5-3-10/h2-5H,6-9,16H2,1H3. The molecule has 102 valence electrons. The van der Waals surface area contributed by atoms with Gasteiger partial charge in [-0.2, -0.15) is 0 Å². The number of methoxy groups -OCH3 is 1. The Labute approximate surface area is 116 Å². The summed E-state index contributed by atoms with van der Waals surface area (Å²) in [4.78, 5) is 5.78. The molecule has 2 N–H and O–H groups in total. The fraction of sp³-hybridized carbons (Fsp3) is 0.357. The summed E-state index contributed by atoms with van der Waals surface area (Å²) in [6.07, 6.45) is 1.58. The van der Waals surface area contributed by atoms with Crippen LogP contribution < -0.4 is 5.73 Å². The molecule has 0 spiro atoms. The lowest BCUT2D eigenvalue weighted by atomic mass is 10.1. The van der Waals surface area contributed by atoms with Crippen molar-refractivity contribution in [1.29, 1.82) is 0 Å². The van der Waals surface area contributed by atoms with Crippen LogP contribution in [0.2, 0.25) is 0 Å². The lowest BCUT2D eigenvalue weighted by Crippen LogP contribution is -2.02. The van der Waals surface area contributed by atoms with Gasteiger partial charge in [0.1, 0.15) is 5.82 Å². The van der Waals surface area contributed by atoms with Crippen LogP contribution >= 0.6 is 11.3 Å². The first-order chi connectivity index (χ1) is 9.24. The quantitative estimate of drug-likeness (QED) is 0.885. The SMILES string of the molecule is COCCc1nc(-c2ccc(F)cc2)c(CCN)s1. The van der Waals surface area contributed by atoms with Crippen LogP contribution in [0, 0.1) is 5.82 Å². The molecule has 0 radical (unpaired) electrons. The molecule has 0 atom stereocenters. The molecule has 0 amide bonds. The lowest BCUT2D eigenvalue weighted by Gasteiger charge is -2.00.